The Labute approximate surface area is 149 Å². The quantitative estimate of drug-likeness (QED) is 0.889. The summed E-state index contributed by atoms with van der Waals surface area (Å²) in [5.74, 6) is 0.202. The first kappa shape index (κ1) is 17.9. The lowest BCUT2D eigenvalue weighted by molar-refractivity contribution is -0.132. The van der Waals surface area contributed by atoms with Gasteiger partial charge in [-0.25, -0.2) is 0 Å². The number of nitrogens with zero attached hydrogens (tertiary/aromatic N) is 2. The summed E-state index contributed by atoms with van der Waals surface area (Å²) in [7, 11) is 0. The van der Waals surface area contributed by atoms with Gasteiger partial charge in [0, 0.05) is 50.7 Å². The Hall–Kier alpha value is -1.92. The molecule has 1 N–H and O–H groups in total. The number of ether oxygens (including phenoxy) is 1. The van der Waals surface area contributed by atoms with E-state index in [1.54, 1.807) is 0 Å². The largest absolute Gasteiger partial charge is 0.378 e. The predicted molar refractivity (Wildman–Crippen MR) is 95.5 cm³/mol. The number of carbonyl (C=O) groups is 2. The van der Waals surface area contributed by atoms with Crippen molar-refractivity contribution in [1.82, 2.24) is 15.1 Å². The van der Waals surface area contributed by atoms with Gasteiger partial charge in [0.2, 0.25) is 5.91 Å². The number of carbonyl (C=O) groups excluding carboxylic acids is 2. The average Bonchev–Trinajstić information content (AvgIpc) is 2.88. The van der Waals surface area contributed by atoms with Crippen molar-refractivity contribution in [3.63, 3.8) is 0 Å². The summed E-state index contributed by atoms with van der Waals surface area (Å²) in [4.78, 5) is 29.0. The third-order valence-electron chi connectivity index (χ3n) is 4.82. The van der Waals surface area contributed by atoms with Crippen LogP contribution in [0.4, 0.5) is 0 Å². The van der Waals surface area contributed by atoms with Crippen LogP contribution >= 0.6 is 0 Å². The topological polar surface area (TPSA) is 61.9 Å². The van der Waals surface area contributed by atoms with Crippen molar-refractivity contribution in [3.8, 4) is 0 Å². The molecule has 2 saturated heterocycles. The Morgan fingerprint density at radius 2 is 2.00 bits per heavy atom. The van der Waals surface area contributed by atoms with Gasteiger partial charge in [0.1, 0.15) is 0 Å². The van der Waals surface area contributed by atoms with E-state index in [0.717, 1.165) is 24.1 Å². The minimum Gasteiger partial charge on any atom is -0.378 e. The zero-order valence-corrected chi connectivity index (χ0v) is 14.9. The van der Waals surface area contributed by atoms with E-state index in [2.05, 4.69) is 5.32 Å². The van der Waals surface area contributed by atoms with E-state index < -0.39 is 0 Å². The van der Waals surface area contributed by atoms with Crippen LogP contribution in [0, 0.1) is 6.92 Å². The van der Waals surface area contributed by atoms with Crippen LogP contribution < -0.4 is 5.32 Å². The summed E-state index contributed by atoms with van der Waals surface area (Å²) in [6.07, 6.45) is 1.28. The van der Waals surface area contributed by atoms with Crippen LogP contribution in [-0.4, -0.2) is 73.6 Å². The fourth-order valence-corrected chi connectivity index (χ4v) is 3.42. The first-order chi connectivity index (χ1) is 12.1. The second-order valence-corrected chi connectivity index (χ2v) is 6.83. The zero-order valence-electron chi connectivity index (χ0n) is 14.9. The SMILES string of the molecule is Cc1cccc(C(=O)N2CCCN(C(=O)CC3COCCN3)CC2)c1. The molecule has 0 radical (unpaired) electrons. The molecule has 2 amide bonds. The lowest BCUT2D eigenvalue weighted by Gasteiger charge is -2.27. The first-order valence-corrected chi connectivity index (χ1v) is 9.08. The molecule has 1 unspecified atom stereocenters. The van der Waals surface area contributed by atoms with Crippen LogP contribution in [0.25, 0.3) is 0 Å². The fourth-order valence-electron chi connectivity index (χ4n) is 3.42. The van der Waals surface area contributed by atoms with Crippen molar-refractivity contribution in [2.24, 2.45) is 0 Å². The highest BCUT2D eigenvalue weighted by molar-refractivity contribution is 5.94. The molecule has 0 aliphatic carbocycles. The number of hydrogen-bond donors (Lipinski definition) is 1. The van der Waals surface area contributed by atoms with Gasteiger partial charge >= 0.3 is 0 Å². The van der Waals surface area contributed by atoms with Crippen molar-refractivity contribution in [2.45, 2.75) is 25.8 Å². The van der Waals surface area contributed by atoms with Gasteiger partial charge in [0.15, 0.2) is 0 Å². The standard InChI is InChI=1S/C19H27N3O3/c1-15-4-2-5-16(12-15)19(24)22-8-3-7-21(9-10-22)18(23)13-17-14-25-11-6-20-17/h2,4-5,12,17,20H,3,6-11,13-14H2,1H3. The summed E-state index contributed by atoms with van der Waals surface area (Å²) in [5, 5.41) is 3.32. The zero-order chi connectivity index (χ0) is 17.6. The van der Waals surface area contributed by atoms with Gasteiger partial charge in [-0.15, -0.1) is 0 Å². The highest BCUT2D eigenvalue weighted by Gasteiger charge is 2.25. The molecule has 2 heterocycles. The molecule has 1 aromatic carbocycles. The lowest BCUT2D eigenvalue weighted by atomic mass is 10.1. The van der Waals surface area contributed by atoms with Crippen molar-refractivity contribution < 1.29 is 14.3 Å². The van der Waals surface area contributed by atoms with E-state index in [1.807, 2.05) is 41.0 Å². The smallest absolute Gasteiger partial charge is 0.253 e. The Morgan fingerprint density at radius 3 is 2.76 bits per heavy atom. The Balaban J connectivity index is 1.54. The van der Waals surface area contributed by atoms with Crippen LogP contribution in [0.1, 0.15) is 28.8 Å². The fraction of sp³-hybridized carbons (Fsp3) is 0.579. The minimum atomic E-state index is 0.0559. The molecular weight excluding hydrogens is 318 g/mol. The van der Waals surface area contributed by atoms with E-state index in [9.17, 15) is 9.59 Å². The Morgan fingerprint density at radius 1 is 1.20 bits per heavy atom. The molecule has 6 heteroatoms. The third-order valence-corrected chi connectivity index (χ3v) is 4.82. The summed E-state index contributed by atoms with van der Waals surface area (Å²) in [6.45, 7) is 6.70. The van der Waals surface area contributed by atoms with Gasteiger partial charge in [-0.3, -0.25) is 9.59 Å². The summed E-state index contributed by atoms with van der Waals surface area (Å²) < 4.78 is 5.42. The number of rotatable bonds is 3. The molecule has 136 valence electrons. The van der Waals surface area contributed by atoms with Crippen molar-refractivity contribution in [2.75, 3.05) is 45.9 Å². The van der Waals surface area contributed by atoms with Crippen LogP contribution in [0.2, 0.25) is 0 Å². The van der Waals surface area contributed by atoms with E-state index in [0.29, 0.717) is 45.8 Å². The van der Waals surface area contributed by atoms with E-state index >= 15 is 0 Å². The summed E-state index contributed by atoms with van der Waals surface area (Å²) in [5.41, 5.74) is 1.81. The average molecular weight is 345 g/mol. The molecule has 6 nitrogen and oxygen atoms in total. The predicted octanol–water partition coefficient (Wildman–Crippen LogP) is 1.05. The maximum absolute atomic E-state index is 12.7. The van der Waals surface area contributed by atoms with Crippen LogP contribution in [0.3, 0.4) is 0 Å². The molecule has 2 aliphatic rings. The van der Waals surface area contributed by atoms with Crippen LogP contribution in [0.15, 0.2) is 24.3 Å². The van der Waals surface area contributed by atoms with E-state index in [4.69, 9.17) is 4.74 Å². The molecule has 3 rings (SSSR count). The Bertz CT molecular complexity index is 614. The summed E-state index contributed by atoms with van der Waals surface area (Å²) in [6, 6.07) is 7.79. The maximum atomic E-state index is 12.7. The van der Waals surface area contributed by atoms with E-state index in [-0.39, 0.29) is 17.9 Å². The molecule has 25 heavy (non-hydrogen) atoms. The lowest BCUT2D eigenvalue weighted by Crippen LogP contribution is -2.45. The van der Waals surface area contributed by atoms with Gasteiger partial charge in [-0.05, 0) is 25.5 Å². The molecule has 0 aromatic heterocycles. The number of nitrogens with one attached hydrogen (secondary N) is 1. The minimum absolute atomic E-state index is 0.0559. The third kappa shape index (κ3) is 4.80. The van der Waals surface area contributed by atoms with Gasteiger partial charge in [0.25, 0.3) is 5.91 Å². The van der Waals surface area contributed by atoms with Gasteiger partial charge < -0.3 is 19.9 Å². The maximum Gasteiger partial charge on any atom is 0.253 e. The van der Waals surface area contributed by atoms with Crippen molar-refractivity contribution >= 4 is 11.8 Å². The van der Waals surface area contributed by atoms with Crippen LogP contribution in [0.5, 0.6) is 0 Å². The molecule has 0 bridgehead atoms. The van der Waals surface area contributed by atoms with Crippen LogP contribution in [-0.2, 0) is 9.53 Å². The second kappa shape index (κ2) is 8.45. The van der Waals surface area contributed by atoms with Gasteiger partial charge in [0.05, 0.1) is 13.2 Å². The van der Waals surface area contributed by atoms with Gasteiger partial charge in [-0.1, -0.05) is 17.7 Å². The summed E-state index contributed by atoms with van der Waals surface area (Å²) >= 11 is 0. The number of hydrogen-bond acceptors (Lipinski definition) is 4. The van der Waals surface area contributed by atoms with Crippen molar-refractivity contribution in [3.05, 3.63) is 35.4 Å². The number of aryl methyl sites for hydroxylation is 1. The number of amides is 2. The molecule has 2 fully saturated rings. The molecule has 2 aliphatic heterocycles. The Kier molecular flexibility index (Phi) is 6.04. The molecule has 0 spiro atoms. The molecule has 0 saturated carbocycles. The number of benzene rings is 1. The molecule has 1 aromatic rings. The molecular formula is C19H27N3O3. The van der Waals surface area contributed by atoms with Crippen molar-refractivity contribution in [1.29, 1.82) is 0 Å². The van der Waals surface area contributed by atoms with E-state index in [1.165, 1.54) is 0 Å². The molecule has 1 atom stereocenters. The number of morpholine rings is 1. The first-order valence-electron chi connectivity index (χ1n) is 9.08. The highest BCUT2D eigenvalue weighted by atomic mass is 16.5. The second-order valence-electron chi connectivity index (χ2n) is 6.83. The van der Waals surface area contributed by atoms with Gasteiger partial charge in [-0.2, -0.15) is 0 Å². The monoisotopic (exact) mass is 345 g/mol. The normalized spacial score (nSPS) is 21.7. The highest BCUT2D eigenvalue weighted by Crippen LogP contribution is 2.12.